The third-order valence-electron chi connectivity index (χ3n) is 6.94. The molecule has 1 aromatic rings. The van der Waals surface area contributed by atoms with Crippen LogP contribution in [0.3, 0.4) is 0 Å². The van der Waals surface area contributed by atoms with Gasteiger partial charge in [-0.1, -0.05) is 13.8 Å². The van der Waals surface area contributed by atoms with Crippen LogP contribution in [-0.2, 0) is 4.74 Å². The van der Waals surface area contributed by atoms with Crippen molar-refractivity contribution in [3.8, 4) is 5.75 Å². The molecular formula is C25H34N2O5. The van der Waals surface area contributed by atoms with Crippen LogP contribution in [0.4, 0.5) is 4.79 Å². The Morgan fingerprint density at radius 3 is 2.31 bits per heavy atom. The molecule has 2 N–H and O–H groups in total. The predicted octanol–water partition coefficient (Wildman–Crippen LogP) is 5.04. The number of aromatic carboxylic acids is 1. The van der Waals surface area contributed by atoms with Gasteiger partial charge in [0.05, 0.1) is 17.8 Å². The summed E-state index contributed by atoms with van der Waals surface area (Å²) >= 11 is 0. The molecule has 2 aliphatic heterocycles. The molecule has 2 bridgehead atoms. The molecule has 2 heterocycles. The van der Waals surface area contributed by atoms with Gasteiger partial charge in [0.25, 0.3) is 0 Å². The maximum atomic E-state index is 12.6. The fourth-order valence-corrected chi connectivity index (χ4v) is 5.64. The number of nitrogens with one attached hydrogen (secondary N) is 1. The molecule has 2 unspecified atom stereocenters. The number of ether oxygens (including phenoxy) is 2. The van der Waals surface area contributed by atoms with Gasteiger partial charge < -0.3 is 19.9 Å². The smallest absolute Gasteiger partial charge is 0.342 e. The third kappa shape index (κ3) is 5.68. The minimum absolute atomic E-state index is 0.0980. The van der Waals surface area contributed by atoms with E-state index in [0.29, 0.717) is 17.6 Å². The molecule has 0 aromatic heterocycles. The standard InChI is InChI=1S/C25H34N2O5/c1-16-11-22-12-17(2)14-25(13-16,32-22)27-24(30)26-15-18-3-7-20(8-4-18)31-21-9-5-19(6-10-21)23(28)29/h5-6,9-10,15-18,20,22H,3-4,7-8,11-14H2,1-2H3,(H,27,30)(H,28,29)/b26-15+/t16?,17?,18?,20?,22-,25+. The Kier molecular flexibility index (Phi) is 6.84. The first-order chi connectivity index (χ1) is 15.3. The summed E-state index contributed by atoms with van der Waals surface area (Å²) in [5.41, 5.74) is -0.308. The van der Waals surface area contributed by atoms with E-state index in [0.717, 1.165) is 51.4 Å². The Bertz CT molecular complexity index is 825. The monoisotopic (exact) mass is 442 g/mol. The van der Waals surface area contributed by atoms with Crippen LogP contribution in [0.2, 0.25) is 0 Å². The van der Waals surface area contributed by atoms with Crippen LogP contribution >= 0.6 is 0 Å². The second-order valence-corrected chi connectivity index (χ2v) is 10.0. The van der Waals surface area contributed by atoms with Crippen LogP contribution in [-0.4, -0.2) is 41.3 Å². The van der Waals surface area contributed by atoms with Crippen molar-refractivity contribution in [3.05, 3.63) is 29.8 Å². The van der Waals surface area contributed by atoms with Crippen molar-refractivity contribution in [2.75, 3.05) is 0 Å². The van der Waals surface area contributed by atoms with E-state index in [1.54, 1.807) is 30.5 Å². The Labute approximate surface area is 189 Å². The topological polar surface area (TPSA) is 97.2 Å². The number of rotatable bonds is 5. The molecule has 0 spiro atoms. The zero-order chi connectivity index (χ0) is 22.7. The van der Waals surface area contributed by atoms with Crippen molar-refractivity contribution >= 4 is 18.2 Å². The van der Waals surface area contributed by atoms with Gasteiger partial charge in [0, 0.05) is 6.21 Å². The number of carbonyl (C=O) groups excluding carboxylic acids is 1. The van der Waals surface area contributed by atoms with Gasteiger partial charge in [-0.3, -0.25) is 0 Å². The zero-order valence-corrected chi connectivity index (χ0v) is 19.0. The number of carboxylic acid groups (broad SMARTS) is 1. The number of urea groups is 1. The van der Waals surface area contributed by atoms with Gasteiger partial charge in [0.1, 0.15) is 11.5 Å². The summed E-state index contributed by atoms with van der Waals surface area (Å²) in [5.74, 6) is 1.09. The van der Waals surface area contributed by atoms with Crippen LogP contribution in [0.15, 0.2) is 29.3 Å². The Morgan fingerprint density at radius 2 is 1.72 bits per heavy atom. The Balaban J connectivity index is 1.24. The van der Waals surface area contributed by atoms with Gasteiger partial charge >= 0.3 is 12.0 Å². The second kappa shape index (κ2) is 9.61. The average Bonchev–Trinajstić information content (AvgIpc) is 2.72. The molecule has 1 aliphatic carbocycles. The number of carboxylic acids is 1. The van der Waals surface area contributed by atoms with Gasteiger partial charge in [-0.15, -0.1) is 0 Å². The van der Waals surface area contributed by atoms with E-state index >= 15 is 0 Å². The first kappa shape index (κ1) is 22.8. The number of hydrogen-bond donors (Lipinski definition) is 2. The summed E-state index contributed by atoms with van der Waals surface area (Å²) in [5, 5.41) is 12.1. The van der Waals surface area contributed by atoms with Gasteiger partial charge in [0.2, 0.25) is 0 Å². The largest absolute Gasteiger partial charge is 0.490 e. The molecular weight excluding hydrogens is 408 g/mol. The van der Waals surface area contributed by atoms with E-state index < -0.39 is 11.7 Å². The molecule has 2 amide bonds. The normalized spacial score (nSPS) is 34.8. The highest BCUT2D eigenvalue weighted by Gasteiger charge is 2.46. The Hall–Kier alpha value is -2.41. The fourth-order valence-electron chi connectivity index (χ4n) is 5.64. The van der Waals surface area contributed by atoms with Crippen molar-refractivity contribution in [2.24, 2.45) is 22.7 Å². The predicted molar refractivity (Wildman–Crippen MR) is 121 cm³/mol. The fraction of sp³-hybridized carbons (Fsp3) is 0.640. The van der Waals surface area contributed by atoms with E-state index in [2.05, 4.69) is 24.2 Å². The van der Waals surface area contributed by atoms with Crippen LogP contribution in [0.5, 0.6) is 5.75 Å². The van der Waals surface area contributed by atoms with Crippen molar-refractivity contribution in [2.45, 2.75) is 83.1 Å². The lowest BCUT2D eigenvalue weighted by Gasteiger charge is -2.49. The minimum atomic E-state index is -0.942. The molecule has 1 saturated carbocycles. The van der Waals surface area contributed by atoms with Crippen LogP contribution in [0, 0.1) is 17.8 Å². The van der Waals surface area contributed by atoms with E-state index in [1.807, 2.05) is 0 Å². The third-order valence-corrected chi connectivity index (χ3v) is 6.94. The van der Waals surface area contributed by atoms with E-state index in [4.69, 9.17) is 14.6 Å². The number of nitrogens with zero attached hydrogens (tertiary/aromatic N) is 1. The molecule has 1 aromatic carbocycles. The number of hydrogen-bond acceptors (Lipinski definition) is 4. The lowest BCUT2D eigenvalue weighted by atomic mass is 9.77. The molecule has 3 fully saturated rings. The molecule has 0 radical (unpaired) electrons. The highest BCUT2D eigenvalue weighted by Crippen LogP contribution is 2.42. The highest BCUT2D eigenvalue weighted by atomic mass is 16.5. The van der Waals surface area contributed by atoms with Gasteiger partial charge in [-0.25, -0.2) is 14.6 Å². The van der Waals surface area contributed by atoms with E-state index in [-0.39, 0.29) is 29.7 Å². The van der Waals surface area contributed by atoms with Crippen LogP contribution < -0.4 is 10.1 Å². The van der Waals surface area contributed by atoms with Crippen LogP contribution in [0.25, 0.3) is 0 Å². The Morgan fingerprint density at radius 1 is 1.09 bits per heavy atom. The first-order valence-electron chi connectivity index (χ1n) is 11.8. The maximum Gasteiger partial charge on any atom is 0.342 e. The number of aliphatic imine (C=N–C) groups is 1. The number of fused-ring (bicyclic) bond motifs is 2. The summed E-state index contributed by atoms with van der Waals surface area (Å²) in [6.07, 6.45) is 9.55. The quantitative estimate of drug-likeness (QED) is 0.623. The highest BCUT2D eigenvalue weighted by molar-refractivity contribution is 5.87. The molecule has 32 heavy (non-hydrogen) atoms. The lowest BCUT2D eigenvalue weighted by Crippen LogP contribution is -2.59. The first-order valence-corrected chi connectivity index (χ1v) is 11.8. The molecule has 7 nitrogen and oxygen atoms in total. The summed E-state index contributed by atoms with van der Waals surface area (Å²) in [7, 11) is 0. The molecule has 4 rings (SSSR count). The molecule has 2 saturated heterocycles. The zero-order valence-electron chi connectivity index (χ0n) is 19.0. The second-order valence-electron chi connectivity index (χ2n) is 10.0. The van der Waals surface area contributed by atoms with E-state index in [9.17, 15) is 9.59 Å². The van der Waals surface area contributed by atoms with Gasteiger partial charge in [0.15, 0.2) is 0 Å². The summed E-state index contributed by atoms with van der Waals surface area (Å²) in [6, 6.07) is 6.21. The van der Waals surface area contributed by atoms with Gasteiger partial charge in [-0.05, 0) is 93.4 Å². The minimum Gasteiger partial charge on any atom is -0.490 e. The molecule has 3 aliphatic rings. The molecule has 7 heteroatoms. The summed E-state index contributed by atoms with van der Waals surface area (Å²) in [6.45, 7) is 4.47. The van der Waals surface area contributed by atoms with Crippen molar-refractivity contribution in [3.63, 3.8) is 0 Å². The van der Waals surface area contributed by atoms with Crippen molar-refractivity contribution in [1.29, 1.82) is 0 Å². The lowest BCUT2D eigenvalue weighted by molar-refractivity contribution is -0.195. The number of carbonyl (C=O) groups is 2. The summed E-state index contributed by atoms with van der Waals surface area (Å²) < 4.78 is 12.2. The number of amides is 2. The van der Waals surface area contributed by atoms with E-state index in [1.165, 1.54) is 0 Å². The molecule has 2 atom stereocenters. The average molecular weight is 443 g/mol. The summed E-state index contributed by atoms with van der Waals surface area (Å²) in [4.78, 5) is 27.8. The maximum absolute atomic E-state index is 12.6. The SMILES string of the molecule is CC1C[C@H]2CC(C)C[C@@](NC(=O)/N=C/C3CCC(Oc4ccc(C(=O)O)cc4)CC3)(C1)O2. The van der Waals surface area contributed by atoms with Crippen LogP contribution in [0.1, 0.15) is 75.6 Å². The number of benzene rings is 1. The van der Waals surface area contributed by atoms with Crippen molar-refractivity contribution < 1.29 is 24.2 Å². The molecule has 174 valence electrons. The van der Waals surface area contributed by atoms with Gasteiger partial charge in [-0.2, -0.15) is 0 Å². The van der Waals surface area contributed by atoms with Crippen molar-refractivity contribution in [1.82, 2.24) is 5.32 Å².